The first kappa shape index (κ1) is 16.0. The Labute approximate surface area is 92.8 Å². The van der Waals surface area contributed by atoms with Gasteiger partial charge < -0.3 is 35.6 Å². The molecule has 7 N–H and O–H groups in total. The second-order valence-corrected chi connectivity index (χ2v) is 5.40. The summed E-state index contributed by atoms with van der Waals surface area (Å²) in [5, 5.41) is 26.8. The van der Waals surface area contributed by atoms with E-state index in [0.717, 1.165) is 0 Å². The first-order chi connectivity index (χ1) is 7.16. The first-order valence-corrected chi connectivity index (χ1v) is 6.20. The van der Waals surface area contributed by atoms with E-state index in [1.54, 1.807) is 0 Å². The molecule has 8 nitrogen and oxygen atoms in total. The number of nitrogens with two attached hydrogens (primary N) is 1. The largest absolute Gasteiger partial charge is 0.394 e. The monoisotopic (exact) mass is 259 g/mol. The average Bonchev–Trinajstić information content (AvgIpc) is 2.23. The normalized spacial score (nSPS) is 17.2. The molecule has 2 atom stereocenters. The molecule has 0 aromatic heterocycles. The molecule has 0 spiro atoms. The van der Waals surface area contributed by atoms with Crippen LogP contribution in [0.15, 0.2) is 0 Å². The minimum atomic E-state index is -4.65. The Kier molecular flexibility index (Phi) is 6.02. The maximum absolute atomic E-state index is 10.7. The number of aliphatic hydroxyl groups excluding tert-OH is 3. The summed E-state index contributed by atoms with van der Waals surface area (Å²) in [5.41, 5.74) is 4.05. The number of hydrogen-bond acceptors (Lipinski definition) is 6. The van der Waals surface area contributed by atoms with Gasteiger partial charge in [-0.3, -0.25) is 4.57 Å². The lowest BCUT2D eigenvalue weighted by Crippen LogP contribution is -2.52. The fraction of sp³-hybridized carbons (Fsp3) is 1.00. The lowest BCUT2D eigenvalue weighted by Gasteiger charge is -2.28. The van der Waals surface area contributed by atoms with Crippen molar-refractivity contribution in [1.29, 1.82) is 0 Å². The molecule has 0 bridgehead atoms. The molecule has 16 heavy (non-hydrogen) atoms. The third-order valence-corrected chi connectivity index (χ3v) is 3.14. The fourth-order valence-electron chi connectivity index (χ4n) is 0.798. The standard InChI is InChI=1S/C7H18NO7P/c1-5(6(11)16(12,13)14)15-4-7(8,2-9)3-10/h5-6,9-11H,2-4,8H2,1H3,(H2,12,13,14). The molecule has 0 saturated carbocycles. The highest BCUT2D eigenvalue weighted by Crippen LogP contribution is 2.41. The van der Waals surface area contributed by atoms with E-state index in [0.29, 0.717) is 0 Å². The van der Waals surface area contributed by atoms with E-state index in [9.17, 15) is 4.57 Å². The third-order valence-electron chi connectivity index (χ3n) is 2.03. The van der Waals surface area contributed by atoms with Gasteiger partial charge >= 0.3 is 7.60 Å². The Morgan fingerprint density at radius 1 is 1.38 bits per heavy atom. The van der Waals surface area contributed by atoms with Gasteiger partial charge in [0.1, 0.15) is 0 Å². The molecule has 0 aliphatic rings. The molecule has 0 aromatic carbocycles. The molecule has 0 saturated heterocycles. The summed E-state index contributed by atoms with van der Waals surface area (Å²) in [6.45, 7) is -0.193. The summed E-state index contributed by atoms with van der Waals surface area (Å²) in [7, 11) is -4.65. The van der Waals surface area contributed by atoms with E-state index in [-0.39, 0.29) is 6.61 Å². The Bertz CT molecular complexity index is 251. The number of ether oxygens (including phenoxy) is 1. The van der Waals surface area contributed by atoms with Crippen molar-refractivity contribution in [2.24, 2.45) is 5.73 Å². The van der Waals surface area contributed by atoms with Gasteiger partial charge in [-0.05, 0) is 6.92 Å². The zero-order chi connectivity index (χ0) is 13.0. The Balaban J connectivity index is 4.27. The fourth-order valence-corrected chi connectivity index (χ4v) is 1.43. The highest BCUT2D eigenvalue weighted by molar-refractivity contribution is 7.52. The van der Waals surface area contributed by atoms with Crippen LogP contribution in [-0.4, -0.2) is 62.4 Å². The Morgan fingerprint density at radius 3 is 2.12 bits per heavy atom. The minimum Gasteiger partial charge on any atom is -0.394 e. The van der Waals surface area contributed by atoms with E-state index >= 15 is 0 Å². The zero-order valence-corrected chi connectivity index (χ0v) is 9.75. The molecular weight excluding hydrogens is 241 g/mol. The van der Waals surface area contributed by atoms with Crippen molar-refractivity contribution in [3.05, 3.63) is 0 Å². The van der Waals surface area contributed by atoms with E-state index < -0.39 is 38.3 Å². The highest BCUT2D eigenvalue weighted by Gasteiger charge is 2.34. The van der Waals surface area contributed by atoms with E-state index in [4.69, 9.17) is 35.6 Å². The summed E-state index contributed by atoms with van der Waals surface area (Å²) < 4.78 is 15.6. The van der Waals surface area contributed by atoms with Gasteiger partial charge in [-0.2, -0.15) is 0 Å². The second-order valence-electron chi connectivity index (χ2n) is 3.70. The topological polar surface area (TPSA) is 153 Å². The van der Waals surface area contributed by atoms with Crippen molar-refractivity contribution in [2.45, 2.75) is 24.4 Å². The second kappa shape index (κ2) is 6.04. The molecule has 98 valence electrons. The van der Waals surface area contributed by atoms with E-state index in [1.165, 1.54) is 6.92 Å². The quantitative estimate of drug-likeness (QED) is 0.276. The van der Waals surface area contributed by atoms with E-state index in [1.807, 2.05) is 0 Å². The van der Waals surface area contributed by atoms with Crippen molar-refractivity contribution < 1.29 is 34.4 Å². The van der Waals surface area contributed by atoms with Gasteiger partial charge in [0.2, 0.25) is 0 Å². The van der Waals surface area contributed by atoms with Gasteiger partial charge in [-0.25, -0.2) is 0 Å². The van der Waals surface area contributed by atoms with Gasteiger partial charge in [0.05, 0.1) is 31.5 Å². The molecule has 0 aromatic rings. The van der Waals surface area contributed by atoms with Gasteiger partial charge in [0.25, 0.3) is 0 Å². The van der Waals surface area contributed by atoms with Crippen LogP contribution in [0.2, 0.25) is 0 Å². The third kappa shape index (κ3) is 4.86. The molecule has 0 heterocycles. The smallest absolute Gasteiger partial charge is 0.356 e. The Hall–Kier alpha value is -0.0500. The summed E-state index contributed by atoms with van der Waals surface area (Å²) in [4.78, 5) is 17.3. The summed E-state index contributed by atoms with van der Waals surface area (Å²) >= 11 is 0. The van der Waals surface area contributed by atoms with Crippen LogP contribution in [0.1, 0.15) is 6.92 Å². The summed E-state index contributed by atoms with van der Waals surface area (Å²) in [5.74, 6) is -1.96. The van der Waals surface area contributed by atoms with Crippen LogP contribution in [0, 0.1) is 0 Å². The summed E-state index contributed by atoms with van der Waals surface area (Å²) in [6.07, 6.45) is -1.16. The van der Waals surface area contributed by atoms with Crippen LogP contribution >= 0.6 is 7.60 Å². The number of hydrogen-bond donors (Lipinski definition) is 6. The van der Waals surface area contributed by atoms with Crippen molar-refractivity contribution in [3.8, 4) is 0 Å². The van der Waals surface area contributed by atoms with Gasteiger partial charge in [-0.15, -0.1) is 0 Å². The van der Waals surface area contributed by atoms with Crippen LogP contribution in [0.5, 0.6) is 0 Å². The van der Waals surface area contributed by atoms with Crippen LogP contribution in [0.4, 0.5) is 0 Å². The van der Waals surface area contributed by atoms with Crippen molar-refractivity contribution in [2.75, 3.05) is 19.8 Å². The van der Waals surface area contributed by atoms with Gasteiger partial charge in [0.15, 0.2) is 5.85 Å². The van der Waals surface area contributed by atoms with Crippen molar-refractivity contribution >= 4 is 7.60 Å². The molecule has 0 aliphatic heterocycles. The molecule has 0 fully saturated rings. The molecule has 2 unspecified atom stereocenters. The van der Waals surface area contributed by atoms with Crippen LogP contribution in [-0.2, 0) is 9.30 Å². The number of rotatable bonds is 7. The summed E-state index contributed by atoms with van der Waals surface area (Å²) in [6, 6.07) is 0. The SMILES string of the molecule is CC(OCC(N)(CO)CO)C(O)P(=O)(O)O. The first-order valence-electron chi connectivity index (χ1n) is 4.52. The number of aliphatic hydroxyl groups is 3. The predicted molar refractivity (Wildman–Crippen MR) is 54.6 cm³/mol. The van der Waals surface area contributed by atoms with Gasteiger partial charge in [0, 0.05) is 0 Å². The van der Waals surface area contributed by atoms with Crippen molar-refractivity contribution in [3.63, 3.8) is 0 Å². The lowest BCUT2D eigenvalue weighted by atomic mass is 10.1. The average molecular weight is 259 g/mol. The molecule has 0 amide bonds. The maximum atomic E-state index is 10.7. The molecular formula is C7H18NO7P. The minimum absolute atomic E-state index is 0.335. The van der Waals surface area contributed by atoms with Crippen molar-refractivity contribution in [1.82, 2.24) is 0 Å². The highest BCUT2D eigenvalue weighted by atomic mass is 31.2. The Morgan fingerprint density at radius 2 is 1.81 bits per heavy atom. The zero-order valence-electron chi connectivity index (χ0n) is 8.85. The molecule has 9 heteroatoms. The van der Waals surface area contributed by atoms with Crippen LogP contribution < -0.4 is 5.73 Å². The van der Waals surface area contributed by atoms with E-state index in [2.05, 4.69) is 0 Å². The molecule has 0 radical (unpaired) electrons. The predicted octanol–water partition coefficient (Wildman–Crippen LogP) is -2.43. The van der Waals surface area contributed by atoms with Crippen LogP contribution in [0.25, 0.3) is 0 Å². The maximum Gasteiger partial charge on any atom is 0.356 e. The van der Waals surface area contributed by atoms with Gasteiger partial charge in [-0.1, -0.05) is 0 Å². The lowest BCUT2D eigenvalue weighted by molar-refractivity contribution is -0.0430. The molecule has 0 aliphatic carbocycles. The van der Waals surface area contributed by atoms with Crippen LogP contribution in [0.3, 0.4) is 0 Å². The molecule has 0 rings (SSSR count).